The van der Waals surface area contributed by atoms with Crippen LogP contribution in [0, 0.1) is 0 Å². The lowest BCUT2D eigenvalue weighted by molar-refractivity contribution is 0.0693. The number of carbonyl (C=O) groups is 1. The van der Waals surface area contributed by atoms with Gasteiger partial charge in [-0.3, -0.25) is 0 Å². The molecule has 0 spiro atoms. The maximum atomic E-state index is 10.7. The van der Waals surface area contributed by atoms with Crippen LogP contribution in [0.1, 0.15) is 28.9 Å². The summed E-state index contributed by atoms with van der Waals surface area (Å²) >= 11 is 3.20. The van der Waals surface area contributed by atoms with Crippen LogP contribution in [0.25, 0.3) is 0 Å². The Morgan fingerprint density at radius 2 is 2.14 bits per heavy atom. The molecule has 1 rings (SSSR count). The zero-order chi connectivity index (χ0) is 10.9. The first kappa shape index (κ1) is 11.0. The van der Waals surface area contributed by atoms with Crippen LogP contribution in [0.3, 0.4) is 0 Å². The van der Waals surface area contributed by atoms with Crippen molar-refractivity contribution < 1.29 is 15.0 Å². The number of rotatable bonds is 2. The van der Waals surface area contributed by atoms with E-state index >= 15 is 0 Å². The fourth-order valence-corrected chi connectivity index (χ4v) is 1.87. The van der Waals surface area contributed by atoms with Crippen LogP contribution in [0.5, 0.6) is 5.75 Å². The largest absolute Gasteiger partial charge is 0.507 e. The molecule has 14 heavy (non-hydrogen) atoms. The van der Waals surface area contributed by atoms with Gasteiger partial charge >= 0.3 is 5.97 Å². The first-order valence-corrected chi connectivity index (χ1v) is 4.74. The zero-order valence-corrected chi connectivity index (χ0v) is 9.08. The molecule has 0 heterocycles. The minimum atomic E-state index is -1.17. The molecule has 1 atom stereocenters. The molecule has 0 amide bonds. The Kier molecular flexibility index (Phi) is 3.13. The maximum absolute atomic E-state index is 10.7. The molecule has 76 valence electrons. The van der Waals surface area contributed by atoms with Crippen LogP contribution in [0.15, 0.2) is 16.6 Å². The Bertz CT molecular complexity index is 377. The predicted octanol–water partition coefficient (Wildman–Crippen LogP) is 1.87. The van der Waals surface area contributed by atoms with Gasteiger partial charge in [-0.2, -0.15) is 0 Å². The molecule has 0 bridgehead atoms. The number of nitrogens with two attached hydrogens (primary N) is 1. The number of aromatic hydroxyl groups is 1. The highest BCUT2D eigenvalue weighted by Crippen LogP contribution is 2.33. The van der Waals surface area contributed by atoms with Gasteiger partial charge in [0.15, 0.2) is 0 Å². The second-order valence-electron chi connectivity index (χ2n) is 2.95. The number of halogens is 1. The van der Waals surface area contributed by atoms with Crippen molar-refractivity contribution in [1.82, 2.24) is 0 Å². The zero-order valence-electron chi connectivity index (χ0n) is 7.49. The summed E-state index contributed by atoms with van der Waals surface area (Å²) in [4.78, 5) is 10.7. The third kappa shape index (κ3) is 1.88. The number of carboxylic acid groups (broad SMARTS) is 1. The molecule has 1 aromatic carbocycles. The fourth-order valence-electron chi connectivity index (χ4n) is 1.19. The molecule has 4 N–H and O–H groups in total. The second-order valence-corrected chi connectivity index (χ2v) is 3.81. The Labute approximate surface area is 89.5 Å². The van der Waals surface area contributed by atoms with E-state index < -0.39 is 12.0 Å². The highest BCUT2D eigenvalue weighted by Gasteiger charge is 2.18. The molecule has 0 radical (unpaired) electrons. The molecule has 0 saturated carbocycles. The van der Waals surface area contributed by atoms with Crippen LogP contribution in [0.4, 0.5) is 0 Å². The van der Waals surface area contributed by atoms with Crippen molar-refractivity contribution >= 4 is 21.9 Å². The molecule has 0 fully saturated rings. The lowest BCUT2D eigenvalue weighted by atomic mass is 10.0. The van der Waals surface area contributed by atoms with Gasteiger partial charge in [-0.25, -0.2) is 4.79 Å². The topological polar surface area (TPSA) is 83.6 Å². The molecular weight excluding hydrogens is 250 g/mol. The van der Waals surface area contributed by atoms with Crippen molar-refractivity contribution in [3.8, 4) is 5.75 Å². The minimum Gasteiger partial charge on any atom is -0.507 e. The van der Waals surface area contributed by atoms with Crippen molar-refractivity contribution in [2.45, 2.75) is 13.0 Å². The third-order valence-corrected chi connectivity index (χ3v) is 2.54. The van der Waals surface area contributed by atoms with E-state index in [9.17, 15) is 9.90 Å². The summed E-state index contributed by atoms with van der Waals surface area (Å²) in [6.45, 7) is 1.67. The van der Waals surface area contributed by atoms with Gasteiger partial charge in [0, 0.05) is 16.1 Å². The minimum absolute atomic E-state index is 0.138. The lowest BCUT2D eigenvalue weighted by Crippen LogP contribution is -2.08. The highest BCUT2D eigenvalue weighted by molar-refractivity contribution is 9.10. The van der Waals surface area contributed by atoms with E-state index in [0.29, 0.717) is 10.0 Å². The molecule has 4 nitrogen and oxygen atoms in total. The smallest absolute Gasteiger partial charge is 0.339 e. The highest BCUT2D eigenvalue weighted by atomic mass is 79.9. The van der Waals surface area contributed by atoms with E-state index in [2.05, 4.69) is 15.9 Å². The average Bonchev–Trinajstić information content (AvgIpc) is 2.02. The summed E-state index contributed by atoms with van der Waals surface area (Å²) in [5, 5.41) is 18.4. The molecule has 0 aliphatic rings. The molecule has 5 heteroatoms. The van der Waals surface area contributed by atoms with E-state index in [1.54, 1.807) is 13.0 Å². The van der Waals surface area contributed by atoms with E-state index in [1.807, 2.05) is 0 Å². The number of hydrogen-bond donors (Lipinski definition) is 3. The third-order valence-electron chi connectivity index (χ3n) is 1.85. The van der Waals surface area contributed by atoms with E-state index in [4.69, 9.17) is 10.8 Å². The Balaban J connectivity index is 3.41. The summed E-state index contributed by atoms with van der Waals surface area (Å²) in [6, 6.07) is 2.46. The molecule has 1 aromatic rings. The lowest BCUT2D eigenvalue weighted by Gasteiger charge is -2.12. The van der Waals surface area contributed by atoms with Crippen molar-refractivity contribution in [2.75, 3.05) is 0 Å². The monoisotopic (exact) mass is 259 g/mol. The summed E-state index contributed by atoms with van der Waals surface area (Å²) in [7, 11) is 0. The number of aromatic carboxylic acids is 1. The van der Waals surface area contributed by atoms with Crippen molar-refractivity contribution in [3.05, 3.63) is 27.7 Å². The maximum Gasteiger partial charge on any atom is 0.339 e. The average molecular weight is 260 g/mol. The van der Waals surface area contributed by atoms with Gasteiger partial charge in [-0.15, -0.1) is 0 Å². The van der Waals surface area contributed by atoms with Gasteiger partial charge in [0.1, 0.15) is 11.3 Å². The summed E-state index contributed by atoms with van der Waals surface area (Å²) in [5.41, 5.74) is 5.87. The molecule has 0 aliphatic carbocycles. The molecule has 0 aliphatic heterocycles. The van der Waals surface area contributed by atoms with Crippen LogP contribution in [-0.4, -0.2) is 16.2 Å². The number of benzene rings is 1. The summed E-state index contributed by atoms with van der Waals surface area (Å²) in [6.07, 6.45) is 0. The van der Waals surface area contributed by atoms with E-state index in [1.165, 1.54) is 6.07 Å². The van der Waals surface area contributed by atoms with Crippen LogP contribution in [-0.2, 0) is 0 Å². The van der Waals surface area contributed by atoms with E-state index in [-0.39, 0.29) is 11.3 Å². The summed E-state index contributed by atoms with van der Waals surface area (Å²) in [5.74, 6) is -1.45. The van der Waals surface area contributed by atoms with E-state index in [0.717, 1.165) is 0 Å². The fraction of sp³-hybridized carbons (Fsp3) is 0.222. The SMILES string of the molecule is C[C@H](N)c1c(Br)ccc(C(=O)O)c1O. The number of hydrogen-bond acceptors (Lipinski definition) is 3. The molecular formula is C9H10BrNO3. The van der Waals surface area contributed by atoms with Gasteiger partial charge < -0.3 is 15.9 Å². The molecule has 0 aromatic heterocycles. The first-order chi connectivity index (χ1) is 6.45. The first-order valence-electron chi connectivity index (χ1n) is 3.95. The molecule has 0 unspecified atom stereocenters. The van der Waals surface area contributed by atoms with Crippen LogP contribution >= 0.6 is 15.9 Å². The normalized spacial score (nSPS) is 12.5. The standard InChI is InChI=1S/C9H10BrNO3/c1-4(11)7-6(10)3-2-5(8(7)12)9(13)14/h2-4,12H,11H2,1H3,(H,13,14)/t4-/m0/s1. The Hall–Kier alpha value is -1.07. The Morgan fingerprint density at radius 3 is 2.57 bits per heavy atom. The summed E-state index contributed by atoms with van der Waals surface area (Å²) < 4.78 is 0.606. The van der Waals surface area contributed by atoms with Crippen molar-refractivity contribution in [2.24, 2.45) is 5.73 Å². The Morgan fingerprint density at radius 1 is 1.57 bits per heavy atom. The quantitative estimate of drug-likeness (QED) is 0.757. The molecule has 0 saturated heterocycles. The van der Waals surface area contributed by atoms with Gasteiger partial charge in [0.2, 0.25) is 0 Å². The van der Waals surface area contributed by atoms with Crippen molar-refractivity contribution in [1.29, 1.82) is 0 Å². The number of carboxylic acids is 1. The number of phenols is 1. The van der Waals surface area contributed by atoms with Crippen LogP contribution in [0.2, 0.25) is 0 Å². The van der Waals surface area contributed by atoms with Crippen LogP contribution < -0.4 is 5.73 Å². The van der Waals surface area contributed by atoms with Gasteiger partial charge in [0.25, 0.3) is 0 Å². The second kappa shape index (κ2) is 3.98. The van der Waals surface area contributed by atoms with Crippen molar-refractivity contribution in [3.63, 3.8) is 0 Å². The van der Waals surface area contributed by atoms with Gasteiger partial charge in [-0.1, -0.05) is 15.9 Å². The predicted molar refractivity (Wildman–Crippen MR) is 55.4 cm³/mol. The van der Waals surface area contributed by atoms with Gasteiger partial charge in [0.05, 0.1) is 0 Å². The van der Waals surface area contributed by atoms with Gasteiger partial charge in [-0.05, 0) is 19.1 Å².